The highest BCUT2D eigenvalue weighted by molar-refractivity contribution is 5.82. The van der Waals surface area contributed by atoms with Gasteiger partial charge in [-0.15, -0.1) is 0 Å². The van der Waals surface area contributed by atoms with E-state index in [4.69, 9.17) is 4.74 Å². The number of aliphatic hydroxyl groups excluding tert-OH is 1. The lowest BCUT2D eigenvalue weighted by Gasteiger charge is -2.26. The fourth-order valence-corrected chi connectivity index (χ4v) is 1.59. The quantitative estimate of drug-likeness (QED) is 0.810. The molecule has 0 bridgehead atoms. The number of carbonyl (C=O) groups is 1. The number of rotatable bonds is 5. The van der Waals surface area contributed by atoms with Gasteiger partial charge in [0.25, 0.3) is 5.91 Å². The lowest BCUT2D eigenvalue weighted by atomic mass is 10.0. The van der Waals surface area contributed by atoms with E-state index in [0.29, 0.717) is 12.2 Å². The number of hydrogen-bond donors (Lipinski definition) is 2. The van der Waals surface area contributed by atoms with Crippen LogP contribution in [-0.2, 0) is 9.53 Å². The van der Waals surface area contributed by atoms with Crippen molar-refractivity contribution in [2.45, 2.75) is 25.5 Å². The highest BCUT2D eigenvalue weighted by Crippen LogP contribution is 2.14. The van der Waals surface area contributed by atoms with Crippen molar-refractivity contribution >= 4 is 5.91 Å². The van der Waals surface area contributed by atoms with Crippen LogP contribution in [0.1, 0.15) is 25.5 Å². The second-order valence-electron chi connectivity index (χ2n) is 4.62. The number of aliphatic hydroxyl groups is 1. The summed E-state index contributed by atoms with van der Waals surface area (Å²) in [5, 5.41) is 12.6. The third kappa shape index (κ3) is 4.17. The molecule has 1 aromatic carbocycles. The van der Waals surface area contributed by atoms with E-state index in [-0.39, 0.29) is 0 Å². The molecule has 1 rings (SSSR count). The van der Waals surface area contributed by atoms with Crippen molar-refractivity contribution in [1.29, 1.82) is 0 Å². The molecule has 0 aliphatic carbocycles. The molecule has 17 heavy (non-hydrogen) atoms. The summed E-state index contributed by atoms with van der Waals surface area (Å²) in [6.45, 7) is 4.07. The van der Waals surface area contributed by atoms with Crippen molar-refractivity contribution in [2.75, 3.05) is 13.7 Å². The smallest absolute Gasteiger partial charge is 0.253 e. The topological polar surface area (TPSA) is 58.6 Å². The Labute approximate surface area is 102 Å². The predicted octanol–water partition coefficient (Wildman–Crippen LogP) is 1.26. The predicted molar refractivity (Wildman–Crippen MR) is 65.5 cm³/mol. The van der Waals surface area contributed by atoms with Crippen molar-refractivity contribution in [2.24, 2.45) is 0 Å². The Kier molecular flexibility index (Phi) is 4.66. The highest BCUT2D eigenvalue weighted by Gasteiger charge is 2.25. The molecule has 1 atom stereocenters. The lowest BCUT2D eigenvalue weighted by Crippen LogP contribution is -2.48. The van der Waals surface area contributed by atoms with Crippen molar-refractivity contribution in [3.63, 3.8) is 0 Å². The monoisotopic (exact) mass is 237 g/mol. The minimum atomic E-state index is -1.15. The minimum Gasteiger partial charge on any atom is -0.382 e. The van der Waals surface area contributed by atoms with Gasteiger partial charge in [0.05, 0.1) is 12.1 Å². The number of methoxy groups -OCH3 is 1. The van der Waals surface area contributed by atoms with E-state index in [1.807, 2.05) is 19.9 Å². The number of ether oxygens (including phenoxy) is 1. The average Bonchev–Trinajstić information content (AvgIpc) is 2.28. The maximum Gasteiger partial charge on any atom is 0.253 e. The molecular formula is C13H19NO3. The van der Waals surface area contributed by atoms with Crippen LogP contribution < -0.4 is 5.32 Å². The first-order valence-electron chi connectivity index (χ1n) is 5.50. The van der Waals surface area contributed by atoms with Crippen LogP contribution in [0.25, 0.3) is 0 Å². The van der Waals surface area contributed by atoms with E-state index in [0.717, 1.165) is 0 Å². The SMILES string of the molecule is COCC(C)(C)NC(=O)C(O)c1ccccc1. The third-order valence-corrected chi connectivity index (χ3v) is 2.33. The molecule has 0 heterocycles. The number of carbonyl (C=O) groups excluding carboxylic acids is 1. The third-order valence-electron chi connectivity index (χ3n) is 2.33. The first-order chi connectivity index (χ1) is 7.96. The van der Waals surface area contributed by atoms with Gasteiger partial charge < -0.3 is 15.2 Å². The second-order valence-corrected chi connectivity index (χ2v) is 4.62. The molecule has 1 amide bonds. The Hall–Kier alpha value is -1.39. The molecule has 1 unspecified atom stereocenters. The lowest BCUT2D eigenvalue weighted by molar-refractivity contribution is -0.131. The molecule has 0 fully saturated rings. The van der Waals surface area contributed by atoms with Gasteiger partial charge >= 0.3 is 0 Å². The first-order valence-corrected chi connectivity index (χ1v) is 5.50. The van der Waals surface area contributed by atoms with Crippen LogP contribution in [0.15, 0.2) is 30.3 Å². The summed E-state index contributed by atoms with van der Waals surface area (Å²) in [5.41, 5.74) is 0.0833. The van der Waals surface area contributed by atoms with Crippen LogP contribution in [0.3, 0.4) is 0 Å². The molecule has 0 saturated heterocycles. The summed E-state index contributed by atoms with van der Waals surface area (Å²) in [5.74, 6) is -0.418. The van der Waals surface area contributed by atoms with Gasteiger partial charge in [-0.25, -0.2) is 0 Å². The molecule has 94 valence electrons. The standard InChI is InChI=1S/C13H19NO3/c1-13(2,9-17-3)14-12(16)11(15)10-7-5-4-6-8-10/h4-8,11,15H,9H2,1-3H3,(H,14,16). The van der Waals surface area contributed by atoms with Crippen LogP contribution in [-0.4, -0.2) is 30.3 Å². The van der Waals surface area contributed by atoms with E-state index in [2.05, 4.69) is 5.32 Å². The molecular weight excluding hydrogens is 218 g/mol. The number of nitrogens with one attached hydrogen (secondary N) is 1. The molecule has 1 aromatic rings. The van der Waals surface area contributed by atoms with Crippen molar-refractivity contribution < 1.29 is 14.6 Å². The van der Waals surface area contributed by atoms with Gasteiger partial charge in [0.15, 0.2) is 6.10 Å². The molecule has 4 nitrogen and oxygen atoms in total. The molecule has 0 spiro atoms. The maximum atomic E-state index is 11.8. The van der Waals surface area contributed by atoms with Crippen molar-refractivity contribution in [1.82, 2.24) is 5.32 Å². The van der Waals surface area contributed by atoms with E-state index in [1.54, 1.807) is 31.4 Å². The molecule has 0 radical (unpaired) electrons. The van der Waals surface area contributed by atoms with E-state index < -0.39 is 17.6 Å². The van der Waals surface area contributed by atoms with Gasteiger partial charge in [-0.1, -0.05) is 30.3 Å². The van der Waals surface area contributed by atoms with Gasteiger partial charge in [0.1, 0.15) is 0 Å². The molecule has 0 saturated carbocycles. The summed E-state index contributed by atoms with van der Waals surface area (Å²) in [7, 11) is 1.57. The number of benzene rings is 1. The van der Waals surface area contributed by atoms with E-state index in [9.17, 15) is 9.90 Å². The van der Waals surface area contributed by atoms with Crippen LogP contribution >= 0.6 is 0 Å². The Bertz CT molecular complexity index is 362. The number of amides is 1. The zero-order valence-electron chi connectivity index (χ0n) is 10.4. The summed E-state index contributed by atoms with van der Waals surface area (Å²) in [6, 6.07) is 8.84. The normalized spacial score (nSPS) is 13.2. The Balaban J connectivity index is 2.65. The number of hydrogen-bond acceptors (Lipinski definition) is 3. The average molecular weight is 237 g/mol. The zero-order chi connectivity index (χ0) is 12.9. The molecule has 4 heteroatoms. The molecule has 0 aliphatic rings. The van der Waals surface area contributed by atoms with Crippen LogP contribution in [0.5, 0.6) is 0 Å². The summed E-state index contributed by atoms with van der Waals surface area (Å²) in [4.78, 5) is 11.8. The minimum absolute atomic E-state index is 0.389. The summed E-state index contributed by atoms with van der Waals surface area (Å²) in [6.07, 6.45) is -1.15. The van der Waals surface area contributed by atoms with Crippen molar-refractivity contribution in [3.05, 3.63) is 35.9 Å². The van der Waals surface area contributed by atoms with Gasteiger partial charge in [0.2, 0.25) is 0 Å². The fraction of sp³-hybridized carbons (Fsp3) is 0.462. The molecule has 0 aromatic heterocycles. The van der Waals surface area contributed by atoms with Crippen molar-refractivity contribution in [3.8, 4) is 0 Å². The van der Waals surface area contributed by atoms with Gasteiger partial charge in [-0.3, -0.25) is 4.79 Å². The Morgan fingerprint density at radius 2 is 2.00 bits per heavy atom. The maximum absolute atomic E-state index is 11.8. The molecule has 0 aliphatic heterocycles. The zero-order valence-corrected chi connectivity index (χ0v) is 10.4. The summed E-state index contributed by atoms with van der Waals surface area (Å²) < 4.78 is 5.00. The largest absolute Gasteiger partial charge is 0.382 e. The second kappa shape index (κ2) is 5.80. The Morgan fingerprint density at radius 3 is 2.53 bits per heavy atom. The van der Waals surface area contributed by atoms with Gasteiger partial charge in [-0.05, 0) is 19.4 Å². The van der Waals surface area contributed by atoms with Crippen LogP contribution in [0, 0.1) is 0 Å². The Morgan fingerprint density at radius 1 is 1.41 bits per heavy atom. The van der Waals surface area contributed by atoms with Gasteiger partial charge in [0, 0.05) is 7.11 Å². The summed E-state index contributed by atoms with van der Waals surface area (Å²) >= 11 is 0. The first kappa shape index (κ1) is 13.7. The molecule has 2 N–H and O–H groups in total. The highest BCUT2D eigenvalue weighted by atomic mass is 16.5. The van der Waals surface area contributed by atoms with E-state index in [1.165, 1.54) is 0 Å². The van der Waals surface area contributed by atoms with Gasteiger partial charge in [-0.2, -0.15) is 0 Å². The van der Waals surface area contributed by atoms with E-state index >= 15 is 0 Å². The fourth-order valence-electron chi connectivity index (χ4n) is 1.59. The van der Waals surface area contributed by atoms with Crippen LogP contribution in [0.2, 0.25) is 0 Å². The van der Waals surface area contributed by atoms with Crippen LogP contribution in [0.4, 0.5) is 0 Å².